The number of aliphatic hydroxyl groups is 1. The highest BCUT2D eigenvalue weighted by Crippen LogP contribution is 2.39. The summed E-state index contributed by atoms with van der Waals surface area (Å²) in [5.74, 6) is 0. The van der Waals surface area contributed by atoms with Gasteiger partial charge in [0.1, 0.15) is 0 Å². The minimum absolute atomic E-state index is 0.323. The Hall–Kier alpha value is -0.120. The number of nitrogens with zero attached hydrogens (tertiary/aromatic N) is 1. The van der Waals surface area contributed by atoms with E-state index in [1.807, 2.05) is 0 Å². The van der Waals surface area contributed by atoms with E-state index in [1.54, 1.807) is 0 Å². The van der Waals surface area contributed by atoms with Gasteiger partial charge in [-0.25, -0.2) is 0 Å². The van der Waals surface area contributed by atoms with Crippen LogP contribution in [0.5, 0.6) is 0 Å². The molecule has 2 aliphatic carbocycles. The summed E-state index contributed by atoms with van der Waals surface area (Å²) >= 11 is 0. The van der Waals surface area contributed by atoms with Crippen molar-refractivity contribution >= 4 is 0 Å². The van der Waals surface area contributed by atoms with E-state index in [0.717, 1.165) is 25.6 Å². The third-order valence-electron chi connectivity index (χ3n) is 4.65. The predicted octanol–water partition coefficient (Wildman–Crippen LogP) is 2.00. The summed E-state index contributed by atoms with van der Waals surface area (Å²) in [4.78, 5) is 2.54. The highest BCUT2D eigenvalue weighted by atomic mass is 16.3. The first-order valence-corrected chi connectivity index (χ1v) is 7.84. The second-order valence-electron chi connectivity index (χ2n) is 6.31. The van der Waals surface area contributed by atoms with Gasteiger partial charge in [-0.1, -0.05) is 19.8 Å². The van der Waals surface area contributed by atoms with Crippen molar-refractivity contribution in [2.24, 2.45) is 5.41 Å². The molecular weight excluding hydrogens is 224 g/mol. The maximum Gasteiger partial charge on any atom is 0.0443 e. The van der Waals surface area contributed by atoms with Crippen molar-refractivity contribution < 1.29 is 5.11 Å². The maximum absolute atomic E-state index is 8.98. The molecule has 2 rings (SSSR count). The molecule has 0 aliphatic heterocycles. The molecule has 3 heteroatoms. The summed E-state index contributed by atoms with van der Waals surface area (Å²) in [6.45, 7) is 7.18. The molecule has 2 N–H and O–H groups in total. The lowest BCUT2D eigenvalue weighted by molar-refractivity contribution is 0.143. The summed E-state index contributed by atoms with van der Waals surface area (Å²) in [5.41, 5.74) is 0.522. The van der Waals surface area contributed by atoms with Gasteiger partial charge < -0.3 is 15.3 Å². The molecule has 0 aromatic carbocycles. The Morgan fingerprint density at radius 3 is 2.56 bits per heavy atom. The lowest BCUT2D eigenvalue weighted by atomic mass is 9.85. The molecule has 0 aromatic heterocycles. The van der Waals surface area contributed by atoms with Crippen molar-refractivity contribution in [2.45, 2.75) is 57.9 Å². The highest BCUT2D eigenvalue weighted by molar-refractivity contribution is 4.92. The van der Waals surface area contributed by atoms with E-state index in [2.05, 4.69) is 17.1 Å². The standard InChI is InChI=1S/C15H30N2O/c1-2-17(10-5-11-18)13-15(8-3-4-9-15)12-16-14-6-7-14/h14,16,18H,2-13H2,1H3. The molecule has 0 aromatic rings. The van der Waals surface area contributed by atoms with Gasteiger partial charge in [-0.3, -0.25) is 0 Å². The summed E-state index contributed by atoms with van der Waals surface area (Å²) in [7, 11) is 0. The molecular formula is C15H30N2O. The molecule has 3 nitrogen and oxygen atoms in total. The molecule has 0 atom stereocenters. The van der Waals surface area contributed by atoms with Crippen molar-refractivity contribution in [3.63, 3.8) is 0 Å². The zero-order valence-electron chi connectivity index (χ0n) is 12.0. The minimum Gasteiger partial charge on any atom is -0.396 e. The SMILES string of the molecule is CCN(CCCO)CC1(CNC2CC2)CCCC1. The van der Waals surface area contributed by atoms with Crippen LogP contribution in [0.4, 0.5) is 0 Å². The van der Waals surface area contributed by atoms with E-state index in [0.29, 0.717) is 12.0 Å². The number of nitrogens with one attached hydrogen (secondary N) is 1. The van der Waals surface area contributed by atoms with Crippen LogP contribution in [0.2, 0.25) is 0 Å². The number of aliphatic hydroxyl groups excluding tert-OH is 1. The van der Waals surface area contributed by atoms with Crippen LogP contribution in [-0.2, 0) is 0 Å². The third-order valence-corrected chi connectivity index (χ3v) is 4.65. The van der Waals surface area contributed by atoms with Crippen LogP contribution in [0, 0.1) is 5.41 Å². The van der Waals surface area contributed by atoms with Crippen LogP contribution in [0.3, 0.4) is 0 Å². The summed E-state index contributed by atoms with van der Waals surface area (Å²) in [5, 5.41) is 12.7. The fourth-order valence-corrected chi connectivity index (χ4v) is 3.28. The quantitative estimate of drug-likeness (QED) is 0.660. The van der Waals surface area contributed by atoms with E-state index in [1.165, 1.54) is 51.6 Å². The van der Waals surface area contributed by atoms with E-state index < -0.39 is 0 Å². The first kappa shape index (κ1) is 14.3. The molecule has 18 heavy (non-hydrogen) atoms. The Morgan fingerprint density at radius 1 is 1.28 bits per heavy atom. The van der Waals surface area contributed by atoms with Gasteiger partial charge in [0.25, 0.3) is 0 Å². The van der Waals surface area contributed by atoms with E-state index >= 15 is 0 Å². The van der Waals surface area contributed by atoms with Crippen LogP contribution >= 0.6 is 0 Å². The van der Waals surface area contributed by atoms with Gasteiger partial charge in [0.2, 0.25) is 0 Å². The molecule has 0 bridgehead atoms. The Morgan fingerprint density at radius 2 is 2.00 bits per heavy atom. The fraction of sp³-hybridized carbons (Fsp3) is 1.00. The van der Waals surface area contributed by atoms with Crippen molar-refractivity contribution in [1.29, 1.82) is 0 Å². The molecule has 0 heterocycles. The summed E-state index contributed by atoms with van der Waals surface area (Å²) < 4.78 is 0. The second-order valence-corrected chi connectivity index (χ2v) is 6.31. The van der Waals surface area contributed by atoms with E-state index in [9.17, 15) is 0 Å². The molecule has 2 aliphatic rings. The third kappa shape index (κ3) is 4.22. The molecule has 106 valence electrons. The maximum atomic E-state index is 8.98. The molecule has 0 radical (unpaired) electrons. The van der Waals surface area contributed by atoms with Crippen molar-refractivity contribution in [2.75, 3.05) is 32.8 Å². The van der Waals surface area contributed by atoms with Gasteiger partial charge in [0, 0.05) is 32.3 Å². The Labute approximate surface area is 112 Å². The molecule has 2 fully saturated rings. The number of hydrogen-bond donors (Lipinski definition) is 2. The van der Waals surface area contributed by atoms with Crippen LogP contribution in [0.25, 0.3) is 0 Å². The molecule has 0 saturated heterocycles. The Balaban J connectivity index is 1.82. The fourth-order valence-electron chi connectivity index (χ4n) is 3.28. The van der Waals surface area contributed by atoms with E-state index in [-0.39, 0.29) is 0 Å². The summed E-state index contributed by atoms with van der Waals surface area (Å²) in [6.07, 6.45) is 9.29. The van der Waals surface area contributed by atoms with Crippen LogP contribution in [0.1, 0.15) is 51.9 Å². The Kier molecular flexibility index (Phi) is 5.46. The van der Waals surface area contributed by atoms with Crippen LogP contribution in [-0.4, -0.2) is 48.8 Å². The van der Waals surface area contributed by atoms with Gasteiger partial charge >= 0.3 is 0 Å². The monoisotopic (exact) mass is 254 g/mol. The lowest BCUT2D eigenvalue weighted by Crippen LogP contribution is -2.43. The average molecular weight is 254 g/mol. The second kappa shape index (κ2) is 6.88. The van der Waals surface area contributed by atoms with Gasteiger partial charge in [-0.05, 0) is 44.1 Å². The van der Waals surface area contributed by atoms with Crippen LogP contribution < -0.4 is 5.32 Å². The van der Waals surface area contributed by atoms with Gasteiger partial charge in [-0.2, -0.15) is 0 Å². The molecule has 0 unspecified atom stereocenters. The number of hydrogen-bond acceptors (Lipinski definition) is 3. The molecule has 0 spiro atoms. The normalized spacial score (nSPS) is 22.8. The van der Waals surface area contributed by atoms with Crippen LogP contribution in [0.15, 0.2) is 0 Å². The van der Waals surface area contributed by atoms with Gasteiger partial charge in [0.15, 0.2) is 0 Å². The van der Waals surface area contributed by atoms with Gasteiger partial charge in [0.05, 0.1) is 0 Å². The zero-order valence-corrected chi connectivity index (χ0v) is 12.0. The lowest BCUT2D eigenvalue weighted by Gasteiger charge is -2.35. The first-order chi connectivity index (χ1) is 8.78. The molecule has 2 saturated carbocycles. The highest BCUT2D eigenvalue weighted by Gasteiger charge is 2.36. The molecule has 0 amide bonds. The predicted molar refractivity (Wildman–Crippen MR) is 75.7 cm³/mol. The summed E-state index contributed by atoms with van der Waals surface area (Å²) in [6, 6.07) is 0.829. The van der Waals surface area contributed by atoms with Crippen molar-refractivity contribution in [1.82, 2.24) is 10.2 Å². The topological polar surface area (TPSA) is 35.5 Å². The van der Waals surface area contributed by atoms with Crippen molar-refractivity contribution in [3.8, 4) is 0 Å². The minimum atomic E-state index is 0.323. The smallest absolute Gasteiger partial charge is 0.0443 e. The van der Waals surface area contributed by atoms with E-state index in [4.69, 9.17) is 5.11 Å². The Bertz CT molecular complexity index is 235. The number of rotatable bonds is 9. The van der Waals surface area contributed by atoms with Gasteiger partial charge in [-0.15, -0.1) is 0 Å². The average Bonchev–Trinajstić information content (AvgIpc) is 3.12. The largest absolute Gasteiger partial charge is 0.396 e. The first-order valence-electron chi connectivity index (χ1n) is 7.84. The zero-order chi connectivity index (χ0) is 12.8. The van der Waals surface area contributed by atoms with Crippen molar-refractivity contribution in [3.05, 3.63) is 0 Å².